The van der Waals surface area contributed by atoms with Crippen LogP contribution in [0.4, 0.5) is 4.39 Å². The van der Waals surface area contributed by atoms with Gasteiger partial charge in [-0.3, -0.25) is 14.7 Å². The summed E-state index contributed by atoms with van der Waals surface area (Å²) >= 11 is 0. The molecule has 0 fully saturated rings. The van der Waals surface area contributed by atoms with Crippen LogP contribution >= 0.6 is 0 Å². The third-order valence-electron chi connectivity index (χ3n) is 6.80. The molecule has 4 aromatic rings. The highest BCUT2D eigenvalue weighted by Gasteiger charge is 2.25. The van der Waals surface area contributed by atoms with E-state index < -0.39 is 5.82 Å². The van der Waals surface area contributed by atoms with Crippen molar-refractivity contribution in [2.45, 2.75) is 46.4 Å². The molecule has 1 aromatic carbocycles. The normalized spacial score (nSPS) is 17.9. The third kappa shape index (κ3) is 4.56. The molecule has 2 bridgehead atoms. The molecule has 0 unspecified atom stereocenters. The number of hydrogen-bond acceptors (Lipinski definition) is 7. The van der Waals surface area contributed by atoms with E-state index in [0.717, 1.165) is 22.5 Å². The maximum absolute atomic E-state index is 15.3. The zero-order valence-electron chi connectivity index (χ0n) is 22.6. The van der Waals surface area contributed by atoms with Gasteiger partial charge in [0.05, 0.1) is 47.5 Å². The SMILES string of the molecule is CCOc1nn([C@@H](C)CO)c2c1/C=C/c1[nH]nc3c(F)cc(cc13)-c1c(C)nn(C)c1O[C@@H](C)CN(C)C2. The van der Waals surface area contributed by atoms with Crippen molar-refractivity contribution in [1.29, 1.82) is 0 Å². The number of aliphatic hydroxyl groups excluding tert-OH is 1. The fraction of sp³-hybridized carbons (Fsp3) is 0.444. The first kappa shape index (κ1) is 25.9. The fourth-order valence-electron chi connectivity index (χ4n) is 5.09. The number of benzene rings is 1. The van der Waals surface area contributed by atoms with E-state index in [0.29, 0.717) is 48.1 Å². The number of rotatable bonds is 4. The second kappa shape index (κ2) is 10.2. The first-order valence-corrected chi connectivity index (χ1v) is 12.8. The Morgan fingerprint density at radius 2 is 2.05 bits per heavy atom. The second-order valence-corrected chi connectivity index (χ2v) is 9.91. The number of nitrogens with zero attached hydrogens (tertiary/aromatic N) is 6. The van der Waals surface area contributed by atoms with Crippen LogP contribution in [0.5, 0.6) is 11.8 Å². The summed E-state index contributed by atoms with van der Waals surface area (Å²) in [5, 5.41) is 27.1. The number of hydrogen-bond donors (Lipinski definition) is 2. The standard InChI is InChI=1S/C27H34FN7O3/c1-7-37-26-19-8-9-22-20-10-18(11-21(28)25(20)30-29-22)24-17(4)31-34(6)27(24)38-16(3)12-33(5)13-23(19)35(32-26)15(2)14-36/h8-11,15-16,36H,7,12-14H2,1-6H3,(H,29,30)/b9-8+/t15-,16-/m0/s1. The molecule has 1 aliphatic heterocycles. The third-order valence-corrected chi connectivity index (χ3v) is 6.80. The van der Waals surface area contributed by atoms with Crippen molar-refractivity contribution >= 4 is 23.1 Å². The van der Waals surface area contributed by atoms with Gasteiger partial charge in [0.25, 0.3) is 0 Å². The number of aliphatic hydroxyl groups is 1. The van der Waals surface area contributed by atoms with Gasteiger partial charge in [-0.1, -0.05) is 0 Å². The molecular weight excluding hydrogens is 489 g/mol. The summed E-state index contributed by atoms with van der Waals surface area (Å²) in [7, 11) is 3.84. The molecule has 0 saturated carbocycles. The van der Waals surface area contributed by atoms with Crippen LogP contribution in [0, 0.1) is 12.7 Å². The van der Waals surface area contributed by atoms with Crippen molar-refractivity contribution in [2.75, 3.05) is 26.8 Å². The molecule has 11 heteroatoms. The molecule has 0 aliphatic carbocycles. The average Bonchev–Trinajstić information content (AvgIpc) is 3.51. The van der Waals surface area contributed by atoms with E-state index in [2.05, 4.69) is 20.2 Å². The molecule has 0 radical (unpaired) electrons. The minimum absolute atomic E-state index is 0.0670. The van der Waals surface area contributed by atoms with Crippen molar-refractivity contribution in [3.8, 4) is 22.9 Å². The van der Waals surface area contributed by atoms with Crippen LogP contribution in [-0.2, 0) is 13.6 Å². The van der Waals surface area contributed by atoms with E-state index >= 15 is 4.39 Å². The first-order valence-electron chi connectivity index (χ1n) is 12.8. The molecule has 2 atom stereocenters. The molecule has 10 nitrogen and oxygen atoms in total. The smallest absolute Gasteiger partial charge is 0.240 e. The summed E-state index contributed by atoms with van der Waals surface area (Å²) in [6, 6.07) is 3.14. The zero-order valence-corrected chi connectivity index (χ0v) is 22.6. The monoisotopic (exact) mass is 523 g/mol. The van der Waals surface area contributed by atoms with Gasteiger partial charge in [0.1, 0.15) is 11.6 Å². The van der Waals surface area contributed by atoms with Gasteiger partial charge < -0.3 is 14.6 Å². The zero-order chi connectivity index (χ0) is 27.1. The lowest BCUT2D eigenvalue weighted by Crippen LogP contribution is -2.32. The minimum Gasteiger partial charge on any atom is -0.476 e. The molecule has 202 valence electrons. The number of nitrogens with one attached hydrogen (secondary N) is 1. The van der Waals surface area contributed by atoms with Crippen molar-refractivity contribution in [2.24, 2.45) is 7.05 Å². The number of ether oxygens (including phenoxy) is 2. The number of aryl methyl sites for hydroxylation is 2. The van der Waals surface area contributed by atoms with Gasteiger partial charge in [0, 0.05) is 25.5 Å². The molecule has 3 aromatic heterocycles. The predicted octanol–water partition coefficient (Wildman–Crippen LogP) is 3.94. The van der Waals surface area contributed by atoms with Crippen molar-refractivity contribution < 1.29 is 19.0 Å². The summed E-state index contributed by atoms with van der Waals surface area (Å²) < 4.78 is 31.1. The van der Waals surface area contributed by atoms with E-state index in [-0.39, 0.29) is 24.3 Å². The highest BCUT2D eigenvalue weighted by molar-refractivity contribution is 5.94. The maximum Gasteiger partial charge on any atom is 0.240 e. The van der Waals surface area contributed by atoms with Crippen molar-refractivity contribution in [3.05, 3.63) is 40.6 Å². The van der Waals surface area contributed by atoms with E-state index in [1.54, 1.807) is 4.68 Å². The molecule has 5 rings (SSSR count). The molecule has 4 heterocycles. The maximum atomic E-state index is 15.3. The molecular formula is C27H34FN7O3. The molecule has 0 spiro atoms. The molecule has 0 amide bonds. The predicted molar refractivity (Wildman–Crippen MR) is 144 cm³/mol. The lowest BCUT2D eigenvalue weighted by molar-refractivity contribution is 0.145. The summed E-state index contributed by atoms with van der Waals surface area (Å²) in [6.07, 6.45) is 3.58. The number of H-pyrrole nitrogens is 1. The Bertz CT molecular complexity index is 1500. The van der Waals surface area contributed by atoms with Crippen molar-refractivity contribution in [1.82, 2.24) is 34.7 Å². The van der Waals surface area contributed by atoms with E-state index in [1.807, 2.05) is 64.7 Å². The average molecular weight is 524 g/mol. The van der Waals surface area contributed by atoms with Crippen LogP contribution in [0.25, 0.3) is 34.2 Å². The van der Waals surface area contributed by atoms with Crippen molar-refractivity contribution in [3.63, 3.8) is 0 Å². The minimum atomic E-state index is -0.431. The van der Waals surface area contributed by atoms with Gasteiger partial charge in [-0.05, 0) is 64.6 Å². The lowest BCUT2D eigenvalue weighted by Gasteiger charge is -2.24. The van der Waals surface area contributed by atoms with Gasteiger partial charge in [0.2, 0.25) is 11.8 Å². The largest absolute Gasteiger partial charge is 0.476 e. The molecule has 1 aliphatic rings. The van der Waals surface area contributed by atoms with Gasteiger partial charge in [0.15, 0.2) is 5.82 Å². The van der Waals surface area contributed by atoms with Crippen LogP contribution in [0.2, 0.25) is 0 Å². The first-order chi connectivity index (χ1) is 18.2. The Balaban J connectivity index is 1.75. The number of halogens is 1. The Kier molecular flexibility index (Phi) is 6.97. The van der Waals surface area contributed by atoms with Crippen LogP contribution in [0.1, 0.15) is 49.5 Å². The van der Waals surface area contributed by atoms with E-state index in [1.165, 1.54) is 6.07 Å². The van der Waals surface area contributed by atoms with Crippen LogP contribution in [0.15, 0.2) is 12.1 Å². The van der Waals surface area contributed by atoms with Gasteiger partial charge >= 0.3 is 0 Å². The Labute approximate surface area is 220 Å². The topological polar surface area (TPSA) is 106 Å². The summed E-state index contributed by atoms with van der Waals surface area (Å²) in [5.41, 5.74) is 4.76. The Morgan fingerprint density at radius 3 is 2.79 bits per heavy atom. The summed E-state index contributed by atoms with van der Waals surface area (Å²) in [4.78, 5) is 2.14. The Hall–Kier alpha value is -3.70. The highest BCUT2D eigenvalue weighted by Crippen LogP contribution is 2.37. The fourth-order valence-corrected chi connectivity index (χ4v) is 5.09. The van der Waals surface area contributed by atoms with Crippen LogP contribution in [0.3, 0.4) is 0 Å². The van der Waals surface area contributed by atoms with Gasteiger partial charge in [-0.15, -0.1) is 5.10 Å². The molecule has 38 heavy (non-hydrogen) atoms. The van der Waals surface area contributed by atoms with Crippen LogP contribution in [-0.4, -0.2) is 72.7 Å². The van der Waals surface area contributed by atoms with Gasteiger partial charge in [-0.25, -0.2) is 9.07 Å². The van der Waals surface area contributed by atoms with E-state index in [9.17, 15) is 5.11 Å². The highest BCUT2D eigenvalue weighted by atomic mass is 19.1. The molecule has 2 N–H and O–H groups in total. The summed E-state index contributed by atoms with van der Waals surface area (Å²) in [5.74, 6) is 0.627. The lowest BCUT2D eigenvalue weighted by atomic mass is 10.0. The molecule has 0 saturated heterocycles. The number of fused-ring (bicyclic) bond motifs is 4. The quantitative estimate of drug-likeness (QED) is 0.417. The number of likely N-dealkylation sites (N-methyl/N-ethyl adjacent to an activating group) is 1. The van der Waals surface area contributed by atoms with Crippen LogP contribution < -0.4 is 9.47 Å². The van der Waals surface area contributed by atoms with E-state index in [4.69, 9.17) is 14.6 Å². The Morgan fingerprint density at radius 1 is 1.26 bits per heavy atom. The number of aromatic amines is 1. The number of aromatic nitrogens is 6. The van der Waals surface area contributed by atoms with Gasteiger partial charge in [-0.2, -0.15) is 10.2 Å². The summed E-state index contributed by atoms with van der Waals surface area (Å²) in [6.45, 7) is 9.23. The second-order valence-electron chi connectivity index (χ2n) is 9.91.